The summed E-state index contributed by atoms with van der Waals surface area (Å²) >= 11 is 0. The zero-order chi connectivity index (χ0) is 17.7. The number of allylic oxidation sites excluding steroid dienone is 1. The molecule has 0 atom stereocenters. The number of piperazine rings is 1. The van der Waals surface area contributed by atoms with Crippen LogP contribution in [0.4, 0.5) is 0 Å². The molecule has 144 valence electrons. The van der Waals surface area contributed by atoms with Crippen molar-refractivity contribution < 1.29 is 4.79 Å². The van der Waals surface area contributed by atoms with Crippen LogP contribution in [-0.4, -0.2) is 73.0 Å². The SMILES string of the molecule is CCCCCCC/C=C/C(=O)N1CCN(CCN2CCCCC2)CC1. The maximum atomic E-state index is 12.3. The predicted octanol–water partition coefficient (Wildman–Crippen LogP) is 3.53. The van der Waals surface area contributed by atoms with E-state index in [1.807, 2.05) is 11.0 Å². The molecule has 2 saturated heterocycles. The molecule has 0 bridgehead atoms. The number of hydrogen-bond donors (Lipinski definition) is 0. The Morgan fingerprint density at radius 1 is 0.800 bits per heavy atom. The third-order valence-electron chi connectivity index (χ3n) is 5.60. The molecule has 4 heteroatoms. The van der Waals surface area contributed by atoms with Crippen molar-refractivity contribution in [1.82, 2.24) is 14.7 Å². The highest BCUT2D eigenvalue weighted by molar-refractivity contribution is 5.87. The highest BCUT2D eigenvalue weighted by Crippen LogP contribution is 2.10. The van der Waals surface area contributed by atoms with Gasteiger partial charge in [0.25, 0.3) is 0 Å². The smallest absolute Gasteiger partial charge is 0.246 e. The molecule has 2 aliphatic heterocycles. The predicted molar refractivity (Wildman–Crippen MR) is 106 cm³/mol. The molecule has 2 heterocycles. The summed E-state index contributed by atoms with van der Waals surface area (Å²) in [5.41, 5.74) is 0. The van der Waals surface area contributed by atoms with Crippen LogP contribution >= 0.6 is 0 Å². The van der Waals surface area contributed by atoms with Gasteiger partial charge in [-0.3, -0.25) is 9.69 Å². The van der Waals surface area contributed by atoms with Crippen molar-refractivity contribution in [3.63, 3.8) is 0 Å². The number of hydrogen-bond acceptors (Lipinski definition) is 3. The van der Waals surface area contributed by atoms with Crippen molar-refractivity contribution in [2.24, 2.45) is 0 Å². The first-order valence-electron chi connectivity index (χ1n) is 10.7. The Morgan fingerprint density at radius 3 is 2.12 bits per heavy atom. The first-order chi connectivity index (χ1) is 12.3. The van der Waals surface area contributed by atoms with E-state index in [4.69, 9.17) is 0 Å². The fraction of sp³-hybridized carbons (Fsp3) is 0.857. The van der Waals surface area contributed by atoms with Gasteiger partial charge in [0, 0.05) is 39.3 Å². The summed E-state index contributed by atoms with van der Waals surface area (Å²) in [4.78, 5) is 19.4. The van der Waals surface area contributed by atoms with Gasteiger partial charge in [-0.05, 0) is 44.8 Å². The van der Waals surface area contributed by atoms with Gasteiger partial charge >= 0.3 is 0 Å². The number of likely N-dealkylation sites (tertiary alicyclic amines) is 1. The third kappa shape index (κ3) is 8.37. The first-order valence-corrected chi connectivity index (χ1v) is 10.7. The van der Waals surface area contributed by atoms with Gasteiger partial charge in [0.15, 0.2) is 0 Å². The monoisotopic (exact) mass is 349 g/mol. The molecule has 0 unspecified atom stereocenters. The summed E-state index contributed by atoms with van der Waals surface area (Å²) in [5, 5.41) is 0. The molecule has 4 nitrogen and oxygen atoms in total. The quantitative estimate of drug-likeness (QED) is 0.446. The van der Waals surface area contributed by atoms with Crippen LogP contribution in [0.25, 0.3) is 0 Å². The van der Waals surface area contributed by atoms with Gasteiger partial charge in [-0.25, -0.2) is 0 Å². The summed E-state index contributed by atoms with van der Waals surface area (Å²) in [5.74, 6) is 0.212. The van der Waals surface area contributed by atoms with E-state index in [2.05, 4.69) is 22.8 Å². The molecule has 0 aromatic heterocycles. The Kier molecular flexibility index (Phi) is 10.2. The lowest BCUT2D eigenvalue weighted by Gasteiger charge is -2.36. The summed E-state index contributed by atoms with van der Waals surface area (Å²) in [6.45, 7) is 11.0. The van der Waals surface area contributed by atoms with Crippen LogP contribution < -0.4 is 0 Å². The Labute approximate surface area is 155 Å². The maximum absolute atomic E-state index is 12.3. The van der Waals surface area contributed by atoms with Crippen LogP contribution in [0.2, 0.25) is 0 Å². The average molecular weight is 350 g/mol. The van der Waals surface area contributed by atoms with E-state index in [1.54, 1.807) is 0 Å². The Morgan fingerprint density at radius 2 is 1.44 bits per heavy atom. The molecule has 0 spiro atoms. The molecule has 0 radical (unpaired) electrons. The Hall–Kier alpha value is -0.870. The molecule has 2 fully saturated rings. The number of nitrogens with zero attached hydrogens (tertiary/aromatic N) is 3. The lowest BCUT2D eigenvalue weighted by Crippen LogP contribution is -2.50. The highest BCUT2D eigenvalue weighted by atomic mass is 16.2. The minimum atomic E-state index is 0.212. The number of unbranched alkanes of at least 4 members (excludes halogenated alkanes) is 5. The standard InChI is InChI=1S/C21H39N3O/c1-2-3-4-5-6-7-9-12-21(25)24-19-17-23(18-20-24)16-15-22-13-10-8-11-14-22/h9,12H,2-8,10-11,13-20H2,1H3/b12-9+. The fourth-order valence-electron chi connectivity index (χ4n) is 3.81. The van der Waals surface area contributed by atoms with E-state index < -0.39 is 0 Å². The third-order valence-corrected chi connectivity index (χ3v) is 5.60. The lowest BCUT2D eigenvalue weighted by molar-refractivity contribution is -0.127. The summed E-state index contributed by atoms with van der Waals surface area (Å²) in [6, 6.07) is 0. The van der Waals surface area contributed by atoms with Crippen molar-refractivity contribution in [2.45, 2.75) is 64.7 Å². The number of amides is 1. The number of carbonyl (C=O) groups is 1. The average Bonchev–Trinajstić information content (AvgIpc) is 2.67. The van der Waals surface area contributed by atoms with E-state index in [-0.39, 0.29) is 5.91 Å². The summed E-state index contributed by atoms with van der Waals surface area (Å²) < 4.78 is 0. The molecule has 25 heavy (non-hydrogen) atoms. The topological polar surface area (TPSA) is 26.8 Å². The van der Waals surface area contributed by atoms with Crippen molar-refractivity contribution in [1.29, 1.82) is 0 Å². The minimum absolute atomic E-state index is 0.212. The van der Waals surface area contributed by atoms with Gasteiger partial charge in [0.1, 0.15) is 0 Å². The first kappa shape index (κ1) is 20.4. The number of carbonyl (C=O) groups excluding carboxylic acids is 1. The molecule has 0 aliphatic carbocycles. The minimum Gasteiger partial charge on any atom is -0.337 e. The van der Waals surface area contributed by atoms with Crippen molar-refractivity contribution in [3.05, 3.63) is 12.2 Å². The van der Waals surface area contributed by atoms with Gasteiger partial charge in [0.05, 0.1) is 0 Å². The number of piperidine rings is 1. The van der Waals surface area contributed by atoms with Crippen LogP contribution in [0, 0.1) is 0 Å². The zero-order valence-electron chi connectivity index (χ0n) is 16.4. The van der Waals surface area contributed by atoms with E-state index in [0.717, 1.165) is 39.1 Å². The zero-order valence-corrected chi connectivity index (χ0v) is 16.4. The molecule has 0 N–H and O–H groups in total. The summed E-state index contributed by atoms with van der Waals surface area (Å²) in [7, 11) is 0. The highest BCUT2D eigenvalue weighted by Gasteiger charge is 2.20. The second-order valence-electron chi connectivity index (χ2n) is 7.67. The lowest BCUT2D eigenvalue weighted by atomic mass is 10.1. The molecule has 0 aromatic rings. The van der Waals surface area contributed by atoms with Gasteiger partial charge in [0.2, 0.25) is 5.91 Å². The van der Waals surface area contributed by atoms with E-state index in [9.17, 15) is 4.79 Å². The van der Waals surface area contributed by atoms with Crippen molar-refractivity contribution in [3.8, 4) is 0 Å². The van der Waals surface area contributed by atoms with E-state index in [0.29, 0.717) is 0 Å². The second kappa shape index (κ2) is 12.5. The van der Waals surface area contributed by atoms with Crippen LogP contribution in [0.5, 0.6) is 0 Å². The van der Waals surface area contributed by atoms with E-state index >= 15 is 0 Å². The van der Waals surface area contributed by atoms with Crippen LogP contribution in [-0.2, 0) is 4.79 Å². The Balaban J connectivity index is 1.53. The normalized spacial score (nSPS) is 20.4. The number of rotatable bonds is 10. The van der Waals surface area contributed by atoms with Crippen LogP contribution in [0.15, 0.2) is 12.2 Å². The van der Waals surface area contributed by atoms with Gasteiger partial charge in [-0.2, -0.15) is 0 Å². The van der Waals surface area contributed by atoms with Crippen molar-refractivity contribution >= 4 is 5.91 Å². The largest absolute Gasteiger partial charge is 0.337 e. The Bertz CT molecular complexity index is 383. The molecular formula is C21H39N3O. The van der Waals surface area contributed by atoms with Crippen molar-refractivity contribution in [2.75, 3.05) is 52.4 Å². The molecule has 0 aromatic carbocycles. The second-order valence-corrected chi connectivity index (χ2v) is 7.67. The molecular weight excluding hydrogens is 310 g/mol. The molecule has 1 amide bonds. The van der Waals surface area contributed by atoms with Crippen LogP contribution in [0.1, 0.15) is 64.7 Å². The molecule has 2 rings (SSSR count). The van der Waals surface area contributed by atoms with Gasteiger partial charge in [-0.15, -0.1) is 0 Å². The summed E-state index contributed by atoms with van der Waals surface area (Å²) in [6.07, 6.45) is 15.5. The maximum Gasteiger partial charge on any atom is 0.246 e. The fourth-order valence-corrected chi connectivity index (χ4v) is 3.81. The molecule has 2 aliphatic rings. The van der Waals surface area contributed by atoms with E-state index in [1.165, 1.54) is 71.0 Å². The van der Waals surface area contributed by atoms with Gasteiger partial charge in [-0.1, -0.05) is 45.1 Å². The van der Waals surface area contributed by atoms with Crippen LogP contribution in [0.3, 0.4) is 0 Å². The molecule has 0 saturated carbocycles. The van der Waals surface area contributed by atoms with Gasteiger partial charge < -0.3 is 9.80 Å².